The van der Waals surface area contributed by atoms with Gasteiger partial charge in [-0.1, -0.05) is 23.9 Å². The number of rotatable bonds is 6. The number of ether oxygens (including phenoxy) is 2. The first-order valence-corrected chi connectivity index (χ1v) is 7.04. The van der Waals surface area contributed by atoms with Crippen LogP contribution in [-0.2, 0) is 17.1 Å². The van der Waals surface area contributed by atoms with Gasteiger partial charge in [0, 0.05) is 18.9 Å². The lowest BCUT2D eigenvalue weighted by atomic mass is 10.2. The average molecular weight is 292 g/mol. The van der Waals surface area contributed by atoms with E-state index in [9.17, 15) is 4.79 Å². The smallest absolute Gasteiger partial charge is 0.251 e. The van der Waals surface area contributed by atoms with E-state index >= 15 is 0 Å². The molecule has 6 heteroatoms. The van der Waals surface area contributed by atoms with Crippen LogP contribution < -0.4 is 10.3 Å². The third-order valence-electron chi connectivity index (χ3n) is 2.57. The normalized spacial score (nSPS) is 10.5. The van der Waals surface area contributed by atoms with Gasteiger partial charge in [-0.3, -0.25) is 4.79 Å². The minimum atomic E-state index is -0.166. The third kappa shape index (κ3) is 4.11. The maximum atomic E-state index is 11.5. The van der Waals surface area contributed by atoms with E-state index in [4.69, 9.17) is 9.47 Å². The second-order valence-electron chi connectivity index (χ2n) is 4.12. The molecule has 0 saturated carbocycles. The second kappa shape index (κ2) is 7.12. The number of aromatic nitrogens is 2. The Labute approximate surface area is 121 Å². The Morgan fingerprint density at radius 3 is 2.90 bits per heavy atom. The van der Waals surface area contributed by atoms with E-state index in [1.54, 1.807) is 14.2 Å². The molecule has 1 N–H and O–H groups in total. The molecule has 0 aliphatic rings. The molecule has 0 amide bonds. The molecule has 0 radical (unpaired) electrons. The van der Waals surface area contributed by atoms with E-state index in [1.165, 1.54) is 17.8 Å². The van der Waals surface area contributed by atoms with E-state index in [2.05, 4.69) is 9.97 Å². The molecule has 0 saturated heterocycles. The maximum Gasteiger partial charge on any atom is 0.251 e. The number of nitrogens with zero attached hydrogens (tertiary/aromatic N) is 1. The Hall–Kier alpha value is -1.79. The van der Waals surface area contributed by atoms with Crippen LogP contribution in [0.25, 0.3) is 0 Å². The molecule has 2 aromatic rings. The molecule has 1 aromatic heterocycles. The number of aromatic amines is 1. The van der Waals surface area contributed by atoms with Crippen LogP contribution in [-0.4, -0.2) is 24.2 Å². The Morgan fingerprint density at radius 1 is 1.30 bits per heavy atom. The number of methoxy groups -OCH3 is 2. The van der Waals surface area contributed by atoms with Crippen molar-refractivity contribution < 1.29 is 9.47 Å². The van der Waals surface area contributed by atoms with E-state index < -0.39 is 0 Å². The molecular formula is C14H16N2O3S. The summed E-state index contributed by atoms with van der Waals surface area (Å²) in [5, 5.41) is 0.590. The molecule has 0 atom stereocenters. The van der Waals surface area contributed by atoms with Crippen molar-refractivity contribution >= 4 is 11.8 Å². The Morgan fingerprint density at radius 2 is 2.15 bits per heavy atom. The summed E-state index contributed by atoms with van der Waals surface area (Å²) in [5.41, 5.74) is 1.57. The number of benzene rings is 1. The zero-order chi connectivity index (χ0) is 14.4. The summed E-state index contributed by atoms with van der Waals surface area (Å²) in [4.78, 5) is 18.6. The van der Waals surface area contributed by atoms with Crippen molar-refractivity contribution in [2.45, 2.75) is 17.5 Å². The highest BCUT2D eigenvalue weighted by atomic mass is 32.2. The van der Waals surface area contributed by atoms with Gasteiger partial charge in [0.1, 0.15) is 5.75 Å². The lowest BCUT2D eigenvalue weighted by molar-refractivity contribution is 0.180. The lowest BCUT2D eigenvalue weighted by Gasteiger charge is -2.05. The van der Waals surface area contributed by atoms with Crippen LogP contribution in [0.1, 0.15) is 11.3 Å². The predicted molar refractivity (Wildman–Crippen MR) is 78.1 cm³/mol. The van der Waals surface area contributed by atoms with Gasteiger partial charge >= 0.3 is 0 Å². The number of H-pyrrole nitrogens is 1. The van der Waals surface area contributed by atoms with Crippen molar-refractivity contribution in [3.05, 3.63) is 51.9 Å². The minimum absolute atomic E-state index is 0.166. The average Bonchev–Trinajstić information content (AvgIpc) is 2.45. The fourth-order valence-corrected chi connectivity index (χ4v) is 2.53. The van der Waals surface area contributed by atoms with Gasteiger partial charge in [0.2, 0.25) is 0 Å². The first kappa shape index (κ1) is 14.6. The van der Waals surface area contributed by atoms with Crippen molar-refractivity contribution in [3.63, 3.8) is 0 Å². The Bertz CT molecular complexity index is 628. The van der Waals surface area contributed by atoms with E-state index in [0.29, 0.717) is 23.2 Å². The van der Waals surface area contributed by atoms with Crippen molar-refractivity contribution in [1.29, 1.82) is 0 Å². The van der Waals surface area contributed by atoms with Gasteiger partial charge in [-0.15, -0.1) is 0 Å². The SMILES string of the molecule is COCc1cc(=O)[nH]c(SCc2cccc(OC)c2)n1. The van der Waals surface area contributed by atoms with Gasteiger partial charge in [-0.05, 0) is 17.7 Å². The topological polar surface area (TPSA) is 64.2 Å². The molecule has 5 nitrogen and oxygen atoms in total. The van der Waals surface area contributed by atoms with E-state index in [1.807, 2.05) is 24.3 Å². The summed E-state index contributed by atoms with van der Waals surface area (Å²) in [7, 11) is 3.21. The van der Waals surface area contributed by atoms with Gasteiger partial charge in [0.25, 0.3) is 5.56 Å². The molecule has 0 aliphatic carbocycles. The van der Waals surface area contributed by atoms with Crippen LogP contribution >= 0.6 is 11.8 Å². The van der Waals surface area contributed by atoms with E-state index in [0.717, 1.165) is 11.3 Å². The van der Waals surface area contributed by atoms with Crippen LogP contribution in [0.3, 0.4) is 0 Å². The van der Waals surface area contributed by atoms with Gasteiger partial charge in [-0.25, -0.2) is 4.98 Å². The summed E-state index contributed by atoms with van der Waals surface area (Å²) < 4.78 is 10.2. The number of hydrogen-bond donors (Lipinski definition) is 1. The summed E-state index contributed by atoms with van der Waals surface area (Å²) in [6.45, 7) is 0.330. The highest BCUT2D eigenvalue weighted by Gasteiger charge is 2.03. The fourth-order valence-electron chi connectivity index (χ4n) is 1.69. The van der Waals surface area contributed by atoms with Crippen LogP contribution in [0.15, 0.2) is 40.3 Å². The van der Waals surface area contributed by atoms with Crippen molar-refractivity contribution in [2.75, 3.05) is 14.2 Å². The largest absolute Gasteiger partial charge is 0.497 e. The fraction of sp³-hybridized carbons (Fsp3) is 0.286. The van der Waals surface area contributed by atoms with Gasteiger partial charge in [0.15, 0.2) is 5.16 Å². The molecule has 0 unspecified atom stereocenters. The van der Waals surface area contributed by atoms with E-state index in [-0.39, 0.29) is 5.56 Å². The molecule has 106 valence electrons. The molecule has 0 spiro atoms. The summed E-state index contributed by atoms with van der Waals surface area (Å²) in [6.07, 6.45) is 0. The zero-order valence-corrected chi connectivity index (χ0v) is 12.2. The van der Waals surface area contributed by atoms with Gasteiger partial charge in [-0.2, -0.15) is 0 Å². The molecule has 1 heterocycles. The Kier molecular flexibility index (Phi) is 5.20. The minimum Gasteiger partial charge on any atom is -0.497 e. The molecule has 2 rings (SSSR count). The lowest BCUT2D eigenvalue weighted by Crippen LogP contribution is -2.10. The Balaban J connectivity index is 2.08. The monoisotopic (exact) mass is 292 g/mol. The number of nitrogens with one attached hydrogen (secondary N) is 1. The molecule has 0 aliphatic heterocycles. The number of thioether (sulfide) groups is 1. The van der Waals surface area contributed by atoms with Crippen LogP contribution in [0.5, 0.6) is 5.75 Å². The van der Waals surface area contributed by atoms with Crippen molar-refractivity contribution in [1.82, 2.24) is 9.97 Å². The summed E-state index contributed by atoms with van der Waals surface area (Å²) in [5.74, 6) is 1.52. The number of hydrogen-bond acceptors (Lipinski definition) is 5. The van der Waals surface area contributed by atoms with Crippen LogP contribution in [0.4, 0.5) is 0 Å². The van der Waals surface area contributed by atoms with Crippen LogP contribution in [0, 0.1) is 0 Å². The zero-order valence-electron chi connectivity index (χ0n) is 11.4. The second-order valence-corrected chi connectivity index (χ2v) is 5.08. The third-order valence-corrected chi connectivity index (χ3v) is 3.52. The quantitative estimate of drug-likeness (QED) is 0.653. The van der Waals surface area contributed by atoms with Crippen LogP contribution in [0.2, 0.25) is 0 Å². The first-order valence-electron chi connectivity index (χ1n) is 6.06. The van der Waals surface area contributed by atoms with Gasteiger partial charge < -0.3 is 14.5 Å². The van der Waals surface area contributed by atoms with Crippen molar-refractivity contribution in [3.8, 4) is 5.75 Å². The highest BCUT2D eigenvalue weighted by Crippen LogP contribution is 2.21. The standard InChI is InChI=1S/C14H16N2O3S/c1-18-8-11-7-13(17)16-14(15-11)20-9-10-4-3-5-12(6-10)19-2/h3-7H,8-9H2,1-2H3,(H,15,16,17). The summed E-state index contributed by atoms with van der Waals surface area (Å²) in [6, 6.07) is 9.25. The van der Waals surface area contributed by atoms with Gasteiger partial charge in [0.05, 0.1) is 19.4 Å². The molecule has 20 heavy (non-hydrogen) atoms. The molecular weight excluding hydrogens is 276 g/mol. The first-order chi connectivity index (χ1) is 9.71. The predicted octanol–water partition coefficient (Wildman–Crippen LogP) is 2.22. The molecule has 1 aromatic carbocycles. The van der Waals surface area contributed by atoms with Crippen molar-refractivity contribution in [2.24, 2.45) is 0 Å². The maximum absolute atomic E-state index is 11.5. The summed E-state index contributed by atoms with van der Waals surface area (Å²) >= 11 is 1.47. The molecule has 0 bridgehead atoms. The molecule has 0 fully saturated rings. The highest BCUT2D eigenvalue weighted by molar-refractivity contribution is 7.98.